The Morgan fingerprint density at radius 3 is 1.88 bits per heavy atom. The third-order valence-electron chi connectivity index (χ3n) is 4.61. The molecule has 6 heteroatoms. The third-order valence-corrected chi connectivity index (χ3v) is 4.61. The van der Waals surface area contributed by atoms with E-state index < -0.39 is 11.4 Å². The number of carbonyl (C=O) groups is 1. The molecule has 2 aliphatic rings. The van der Waals surface area contributed by atoms with Crippen LogP contribution >= 0.6 is 0 Å². The Bertz CT molecular complexity index is 969. The van der Waals surface area contributed by atoms with E-state index in [1.807, 2.05) is 0 Å². The van der Waals surface area contributed by atoms with Gasteiger partial charge in [0.15, 0.2) is 23.0 Å². The molecular weight excluding hydrogens is 312 g/mol. The number of carboxylic acids is 1. The Balaban J connectivity index is 2.09. The fourth-order valence-electron chi connectivity index (χ4n) is 3.55. The van der Waals surface area contributed by atoms with E-state index in [0.717, 1.165) is 0 Å². The van der Waals surface area contributed by atoms with Crippen molar-refractivity contribution in [2.24, 2.45) is 0 Å². The van der Waals surface area contributed by atoms with E-state index in [1.165, 1.54) is 30.3 Å². The Kier molecular flexibility index (Phi) is 2.56. The first-order chi connectivity index (χ1) is 11.3. The van der Waals surface area contributed by atoms with Gasteiger partial charge >= 0.3 is 5.97 Å². The normalized spacial score (nSPS) is 20.1. The molecule has 5 N–H and O–H groups in total. The zero-order chi connectivity index (χ0) is 17.2. The number of phenolic OH excluding ortho intramolecular Hbond substituents is 4. The second-order valence-corrected chi connectivity index (χ2v) is 5.86. The molecule has 0 bridgehead atoms. The Hall–Kier alpha value is -3.41. The summed E-state index contributed by atoms with van der Waals surface area (Å²) in [5.41, 5.74) is 0.825. The van der Waals surface area contributed by atoms with E-state index in [1.54, 1.807) is 12.2 Å². The molecule has 1 spiro atoms. The molecule has 2 aliphatic carbocycles. The molecule has 0 aliphatic heterocycles. The summed E-state index contributed by atoms with van der Waals surface area (Å²) in [5.74, 6) is -2.53. The smallest absolute Gasteiger partial charge is 0.333 e. The maximum Gasteiger partial charge on any atom is 0.333 e. The van der Waals surface area contributed by atoms with Gasteiger partial charge in [0.25, 0.3) is 0 Å². The predicted octanol–water partition coefficient (Wildman–Crippen LogP) is 2.30. The molecule has 1 unspecified atom stereocenters. The second-order valence-electron chi connectivity index (χ2n) is 5.86. The average molecular weight is 324 g/mol. The van der Waals surface area contributed by atoms with Crippen molar-refractivity contribution in [3.05, 3.63) is 58.2 Å². The summed E-state index contributed by atoms with van der Waals surface area (Å²) in [4.78, 5) is 11.8. The molecule has 120 valence electrons. The zero-order valence-electron chi connectivity index (χ0n) is 12.2. The molecule has 1 atom stereocenters. The van der Waals surface area contributed by atoms with Crippen LogP contribution in [0.15, 0.2) is 35.9 Å². The van der Waals surface area contributed by atoms with Crippen LogP contribution in [0, 0.1) is 0 Å². The first kappa shape index (κ1) is 14.2. The summed E-state index contributed by atoms with van der Waals surface area (Å²) in [5, 5.41) is 48.8. The van der Waals surface area contributed by atoms with Gasteiger partial charge in [0.2, 0.25) is 0 Å². The third kappa shape index (κ3) is 1.57. The van der Waals surface area contributed by atoms with Gasteiger partial charge < -0.3 is 25.5 Å². The van der Waals surface area contributed by atoms with Crippen molar-refractivity contribution in [2.45, 2.75) is 5.41 Å². The van der Waals surface area contributed by atoms with Gasteiger partial charge in [0, 0.05) is 0 Å². The lowest BCUT2D eigenvalue weighted by molar-refractivity contribution is -0.133. The maximum atomic E-state index is 11.8. The molecule has 0 saturated heterocycles. The molecule has 0 aromatic heterocycles. The SMILES string of the molecule is O=C(O)C1=Cc2cc(O)c(O)cc2C12C=Cc1cc(O)c(O)cc12. The summed E-state index contributed by atoms with van der Waals surface area (Å²) >= 11 is 0. The first-order valence-electron chi connectivity index (χ1n) is 7.12. The highest BCUT2D eigenvalue weighted by atomic mass is 16.4. The van der Waals surface area contributed by atoms with Crippen LogP contribution in [0.4, 0.5) is 0 Å². The number of allylic oxidation sites excluding steroid dienone is 1. The number of aliphatic carboxylic acids is 1. The van der Waals surface area contributed by atoms with Crippen LogP contribution in [-0.2, 0) is 10.2 Å². The monoisotopic (exact) mass is 324 g/mol. The topological polar surface area (TPSA) is 118 Å². The lowest BCUT2D eigenvalue weighted by Crippen LogP contribution is -2.28. The largest absolute Gasteiger partial charge is 0.504 e. The number of rotatable bonds is 1. The summed E-state index contributed by atoms with van der Waals surface area (Å²) in [6.45, 7) is 0. The number of hydrogen-bond acceptors (Lipinski definition) is 5. The molecule has 2 aromatic carbocycles. The highest BCUT2D eigenvalue weighted by Gasteiger charge is 2.48. The second kappa shape index (κ2) is 4.32. The molecular formula is C18H12O6. The van der Waals surface area contributed by atoms with Crippen LogP contribution < -0.4 is 0 Å². The van der Waals surface area contributed by atoms with Gasteiger partial charge in [0.05, 0.1) is 11.0 Å². The minimum atomic E-state index is -1.20. The van der Waals surface area contributed by atoms with E-state index >= 15 is 0 Å². The van der Waals surface area contributed by atoms with Crippen LogP contribution in [0.1, 0.15) is 22.3 Å². The Morgan fingerprint density at radius 1 is 0.792 bits per heavy atom. The van der Waals surface area contributed by atoms with E-state index in [-0.39, 0.29) is 28.6 Å². The highest BCUT2D eigenvalue weighted by Crippen LogP contribution is 2.55. The summed E-state index contributed by atoms with van der Waals surface area (Å²) in [6, 6.07) is 5.29. The van der Waals surface area contributed by atoms with E-state index in [9.17, 15) is 30.3 Å². The van der Waals surface area contributed by atoms with Crippen LogP contribution in [-0.4, -0.2) is 31.5 Å². The minimum Gasteiger partial charge on any atom is -0.504 e. The number of aromatic hydroxyl groups is 4. The van der Waals surface area contributed by atoms with E-state index in [0.29, 0.717) is 22.3 Å². The molecule has 4 rings (SSSR count). The van der Waals surface area contributed by atoms with Crippen LogP contribution in [0.3, 0.4) is 0 Å². The molecule has 6 nitrogen and oxygen atoms in total. The lowest BCUT2D eigenvalue weighted by atomic mass is 9.73. The number of fused-ring (bicyclic) bond motifs is 4. The Morgan fingerprint density at radius 2 is 1.29 bits per heavy atom. The van der Waals surface area contributed by atoms with E-state index in [2.05, 4.69) is 0 Å². The average Bonchev–Trinajstić information content (AvgIpc) is 3.02. The van der Waals surface area contributed by atoms with Crippen LogP contribution in [0.25, 0.3) is 12.2 Å². The summed E-state index contributed by atoms with van der Waals surface area (Å²) in [6.07, 6.45) is 4.74. The first-order valence-corrected chi connectivity index (χ1v) is 7.12. The van der Waals surface area contributed by atoms with Crippen molar-refractivity contribution in [3.63, 3.8) is 0 Å². The van der Waals surface area contributed by atoms with Crippen LogP contribution in [0.2, 0.25) is 0 Å². The number of phenols is 4. The van der Waals surface area contributed by atoms with Gasteiger partial charge in [-0.15, -0.1) is 0 Å². The number of carboxylic acid groups (broad SMARTS) is 1. The zero-order valence-corrected chi connectivity index (χ0v) is 12.2. The lowest BCUT2D eigenvalue weighted by Gasteiger charge is -2.28. The van der Waals surface area contributed by atoms with Crippen molar-refractivity contribution < 1.29 is 30.3 Å². The van der Waals surface area contributed by atoms with Gasteiger partial charge in [-0.2, -0.15) is 0 Å². The number of hydrogen-bond donors (Lipinski definition) is 5. The van der Waals surface area contributed by atoms with Crippen molar-refractivity contribution in [3.8, 4) is 23.0 Å². The number of benzene rings is 2. The molecule has 0 radical (unpaired) electrons. The van der Waals surface area contributed by atoms with Gasteiger partial charge in [-0.3, -0.25) is 0 Å². The van der Waals surface area contributed by atoms with Crippen molar-refractivity contribution >= 4 is 18.1 Å². The van der Waals surface area contributed by atoms with Crippen molar-refractivity contribution in [1.82, 2.24) is 0 Å². The quantitative estimate of drug-likeness (QED) is 0.514. The summed E-state index contributed by atoms with van der Waals surface area (Å²) < 4.78 is 0. The molecule has 0 saturated carbocycles. The molecule has 0 heterocycles. The molecule has 0 fully saturated rings. The van der Waals surface area contributed by atoms with Crippen molar-refractivity contribution in [2.75, 3.05) is 0 Å². The van der Waals surface area contributed by atoms with Gasteiger partial charge in [0.1, 0.15) is 0 Å². The van der Waals surface area contributed by atoms with Crippen molar-refractivity contribution in [1.29, 1.82) is 0 Å². The minimum absolute atomic E-state index is 0.0302. The predicted molar refractivity (Wildman–Crippen MR) is 85.0 cm³/mol. The standard InChI is InChI=1S/C18H12O6/c19-13-4-8-1-2-18(10(8)6-15(13)21)11-7-16(22)14(20)5-9(11)3-12(18)17(23)24/h1-7,19-22H,(H,23,24). The molecule has 2 aromatic rings. The molecule has 0 amide bonds. The fraction of sp³-hybridized carbons (Fsp3) is 0.0556. The van der Waals surface area contributed by atoms with Gasteiger partial charge in [-0.05, 0) is 52.6 Å². The maximum absolute atomic E-state index is 11.8. The highest BCUT2D eigenvalue weighted by molar-refractivity contribution is 6.03. The fourth-order valence-corrected chi connectivity index (χ4v) is 3.55. The van der Waals surface area contributed by atoms with E-state index in [4.69, 9.17) is 0 Å². The Labute approximate surface area is 135 Å². The van der Waals surface area contributed by atoms with Gasteiger partial charge in [-0.1, -0.05) is 12.2 Å². The molecule has 24 heavy (non-hydrogen) atoms. The van der Waals surface area contributed by atoms with Crippen LogP contribution in [0.5, 0.6) is 23.0 Å². The van der Waals surface area contributed by atoms with Gasteiger partial charge in [-0.25, -0.2) is 4.79 Å². The summed E-state index contributed by atoms with van der Waals surface area (Å²) in [7, 11) is 0.